The van der Waals surface area contributed by atoms with Crippen LogP contribution in [0, 0.1) is 0 Å². The van der Waals surface area contributed by atoms with Crippen molar-refractivity contribution < 1.29 is 80.2 Å². The minimum absolute atomic E-state index is 0.00772. The van der Waals surface area contributed by atoms with Gasteiger partial charge in [0.05, 0.1) is 26.4 Å². The van der Waals surface area contributed by atoms with E-state index >= 15 is 0 Å². The number of esters is 4. The highest BCUT2D eigenvalue weighted by Gasteiger charge is 2.30. The number of hydrogen-bond donors (Lipinski definition) is 3. The van der Waals surface area contributed by atoms with Crippen LogP contribution in [0.25, 0.3) is 0 Å². The van der Waals surface area contributed by atoms with Crippen LogP contribution in [0.15, 0.2) is 182 Å². The summed E-state index contributed by atoms with van der Waals surface area (Å²) in [7, 11) is -10.0. The largest absolute Gasteiger partial charge is 0.472 e. The van der Waals surface area contributed by atoms with Crippen molar-refractivity contribution in [3.8, 4) is 0 Å². The molecule has 0 spiro atoms. The summed E-state index contributed by atoms with van der Waals surface area (Å²) in [6.07, 6.45) is 95.9. The van der Waals surface area contributed by atoms with E-state index < -0.39 is 97.5 Å². The zero-order chi connectivity index (χ0) is 78.9. The lowest BCUT2D eigenvalue weighted by Gasteiger charge is -2.21. The summed E-state index contributed by atoms with van der Waals surface area (Å²) >= 11 is 0. The van der Waals surface area contributed by atoms with Gasteiger partial charge in [0.15, 0.2) is 12.2 Å². The molecule has 0 bridgehead atoms. The van der Waals surface area contributed by atoms with Gasteiger partial charge in [-0.15, -0.1) is 0 Å². The molecule has 612 valence electrons. The van der Waals surface area contributed by atoms with E-state index in [4.69, 9.17) is 37.0 Å². The normalized spacial score (nSPS) is 14.8. The van der Waals surface area contributed by atoms with Gasteiger partial charge in [-0.05, 0) is 180 Å². The summed E-state index contributed by atoms with van der Waals surface area (Å²) in [4.78, 5) is 73.1. The van der Waals surface area contributed by atoms with Crippen LogP contribution in [0.2, 0.25) is 0 Å². The number of aliphatic hydroxyl groups is 1. The van der Waals surface area contributed by atoms with Gasteiger partial charge in [0.1, 0.15) is 19.3 Å². The summed E-state index contributed by atoms with van der Waals surface area (Å²) in [6.45, 7) is 4.48. The highest BCUT2D eigenvalue weighted by atomic mass is 31.2. The predicted molar refractivity (Wildman–Crippen MR) is 445 cm³/mol. The SMILES string of the molecule is CC/C=C\C/C=C\C/C=C\C/C=C\C/C=C\CCCCCC(=O)O[C@H](COC(=O)CCC/C=C\C/C=C\C/C=C\C/C=C\CCCCC)COP(=O)(O)OC[C@@H](O)COP(=O)(O)OC[C@@H](COC(=O)CCCCCCC/C=C\C/C=C\CCCCC)OC(=O)CCC/C=C\C/C=C\C/C=C\C/C=C\CCCCC. The highest BCUT2D eigenvalue weighted by Crippen LogP contribution is 2.45. The molecule has 0 aromatic rings. The lowest BCUT2D eigenvalue weighted by Crippen LogP contribution is -2.30. The molecular weight excluding hydrogens is 1400 g/mol. The van der Waals surface area contributed by atoms with Crippen LogP contribution < -0.4 is 0 Å². The van der Waals surface area contributed by atoms with Crippen LogP contribution >= 0.6 is 15.6 Å². The molecule has 2 unspecified atom stereocenters. The van der Waals surface area contributed by atoms with Crippen LogP contribution in [-0.2, 0) is 65.4 Å². The fourth-order valence-corrected chi connectivity index (χ4v) is 11.7. The Kier molecular flexibility index (Phi) is 75.0. The molecule has 0 aromatic heterocycles. The second kappa shape index (κ2) is 79.3. The topological polar surface area (TPSA) is 237 Å². The maximum atomic E-state index is 13.1. The van der Waals surface area contributed by atoms with E-state index in [2.05, 4.69) is 186 Å². The van der Waals surface area contributed by atoms with Gasteiger partial charge >= 0.3 is 39.5 Å². The third-order valence-corrected chi connectivity index (χ3v) is 18.2. The van der Waals surface area contributed by atoms with Crippen LogP contribution in [0.1, 0.15) is 297 Å². The number of allylic oxidation sites excluding steroid dienone is 30. The van der Waals surface area contributed by atoms with Gasteiger partial charge in [-0.1, -0.05) is 274 Å². The summed E-state index contributed by atoms with van der Waals surface area (Å²) in [6, 6.07) is 0. The fraction of sp³-hybridized carbons (Fsp3) is 0.618. The molecule has 17 nitrogen and oxygen atoms in total. The van der Waals surface area contributed by atoms with Crippen molar-refractivity contribution in [2.45, 2.75) is 316 Å². The molecule has 3 N–H and O–H groups in total. The van der Waals surface area contributed by atoms with Crippen molar-refractivity contribution in [3.05, 3.63) is 182 Å². The van der Waals surface area contributed by atoms with Gasteiger partial charge in [-0.25, -0.2) is 9.13 Å². The van der Waals surface area contributed by atoms with E-state index in [0.717, 1.165) is 148 Å². The third-order valence-electron chi connectivity index (χ3n) is 16.3. The van der Waals surface area contributed by atoms with E-state index in [1.807, 2.05) is 24.3 Å². The first-order chi connectivity index (χ1) is 52.7. The zero-order valence-electron chi connectivity index (χ0n) is 66.9. The summed E-state index contributed by atoms with van der Waals surface area (Å²) in [5.74, 6) is -2.37. The molecule has 108 heavy (non-hydrogen) atoms. The Balaban J connectivity index is 5.55. The van der Waals surface area contributed by atoms with Crippen molar-refractivity contribution in [1.29, 1.82) is 0 Å². The summed E-state index contributed by atoms with van der Waals surface area (Å²) in [5.41, 5.74) is 0. The van der Waals surface area contributed by atoms with E-state index in [0.29, 0.717) is 38.5 Å². The average Bonchev–Trinajstić information content (AvgIpc) is 0.903. The predicted octanol–water partition coefficient (Wildman–Crippen LogP) is 24.3. The van der Waals surface area contributed by atoms with Crippen LogP contribution in [0.4, 0.5) is 0 Å². The molecule has 19 heteroatoms. The number of unbranched alkanes of at least 4 members (excludes halogenated alkanes) is 19. The molecule has 0 aromatic carbocycles. The smallest absolute Gasteiger partial charge is 0.462 e. The van der Waals surface area contributed by atoms with Gasteiger partial charge in [0.2, 0.25) is 0 Å². The summed E-state index contributed by atoms with van der Waals surface area (Å²) in [5, 5.41) is 10.7. The molecular formula is C89H144O17P2. The zero-order valence-corrected chi connectivity index (χ0v) is 68.7. The number of phosphoric acid groups is 2. The third kappa shape index (κ3) is 78.3. The Hall–Kier alpha value is -5.84. The van der Waals surface area contributed by atoms with Gasteiger partial charge in [0.25, 0.3) is 0 Å². The van der Waals surface area contributed by atoms with Crippen molar-refractivity contribution >= 4 is 39.5 Å². The van der Waals surface area contributed by atoms with Crippen LogP contribution in [0.3, 0.4) is 0 Å². The van der Waals surface area contributed by atoms with Crippen molar-refractivity contribution in [1.82, 2.24) is 0 Å². The number of carbonyl (C=O) groups is 4. The van der Waals surface area contributed by atoms with E-state index in [9.17, 15) is 43.2 Å². The van der Waals surface area contributed by atoms with Gasteiger partial charge in [0, 0.05) is 25.7 Å². The lowest BCUT2D eigenvalue weighted by atomic mass is 10.1. The molecule has 0 saturated heterocycles. The molecule has 0 aliphatic rings. The quantitative estimate of drug-likeness (QED) is 0.0169. The number of rotatable bonds is 75. The first kappa shape index (κ1) is 102. The van der Waals surface area contributed by atoms with Gasteiger partial charge in [-0.3, -0.25) is 37.3 Å². The van der Waals surface area contributed by atoms with E-state index in [-0.39, 0.29) is 25.7 Å². The Bertz CT molecular complexity index is 2760. The number of phosphoric ester groups is 2. The first-order valence-electron chi connectivity index (χ1n) is 41.0. The van der Waals surface area contributed by atoms with Gasteiger partial charge < -0.3 is 33.8 Å². The van der Waals surface area contributed by atoms with Crippen molar-refractivity contribution in [2.75, 3.05) is 39.6 Å². The molecule has 0 heterocycles. The minimum atomic E-state index is -5.02. The molecule has 0 aliphatic heterocycles. The maximum Gasteiger partial charge on any atom is 0.472 e. The van der Waals surface area contributed by atoms with Crippen molar-refractivity contribution in [3.63, 3.8) is 0 Å². The van der Waals surface area contributed by atoms with Crippen LogP contribution in [0.5, 0.6) is 0 Å². The molecule has 5 atom stereocenters. The standard InChI is InChI=1S/C89H144O17P2/c1-5-9-13-17-21-25-29-33-37-40-41-44-48-52-56-60-64-68-72-76-89(94)106-85(80-100-87(92)74-70-66-62-58-54-50-46-42-38-34-30-26-22-18-14-10-6-2)82-104-108(97,98)102-78-83(90)77-101-107(95,96)103-81-84(79-99-86(91)73-69-65-61-57-53-49-45-36-32-28-24-20-16-12-8-4)105-88(93)75-71-67-63-59-55-51-47-43-39-35-31-27-23-19-15-11-7-3/h9,13,21-28,33-39,41,44-47,50-52,56,58-59,62-63,83-85,90H,5-8,10-12,14-20,29-32,40,42-43,48-49,53-55,57,60-61,64-82H2,1-4H3,(H,95,96)(H,97,98)/b13-9-,25-21-,26-22-,27-23-,28-24-,37-33-,38-34-,39-35-,44-41-,45-36-,50-46-,51-47-,56-52-,62-58-,63-59-/t83-,84+,85+/m0/s1. The first-order valence-corrected chi connectivity index (χ1v) is 44.0. The van der Waals surface area contributed by atoms with E-state index in [1.165, 1.54) is 57.8 Å². The minimum Gasteiger partial charge on any atom is -0.462 e. The second-order valence-corrected chi connectivity index (χ2v) is 29.5. The van der Waals surface area contributed by atoms with Gasteiger partial charge in [-0.2, -0.15) is 0 Å². The van der Waals surface area contributed by atoms with Crippen molar-refractivity contribution in [2.24, 2.45) is 0 Å². The molecule has 0 rings (SSSR count). The number of carbonyl (C=O) groups excluding carboxylic acids is 4. The second-order valence-electron chi connectivity index (χ2n) is 26.6. The van der Waals surface area contributed by atoms with Crippen LogP contribution in [-0.4, -0.2) is 96.7 Å². The molecule has 0 fully saturated rings. The molecule has 0 saturated carbocycles. The fourth-order valence-electron chi connectivity index (χ4n) is 10.1. The molecule has 0 aliphatic carbocycles. The monoisotopic (exact) mass is 1550 g/mol. The average molecular weight is 1550 g/mol. The molecule has 0 radical (unpaired) electrons. The Morgan fingerprint density at radius 3 is 0.796 bits per heavy atom. The summed E-state index contributed by atoms with van der Waals surface area (Å²) < 4.78 is 68.5. The Morgan fingerprint density at radius 2 is 0.491 bits per heavy atom. The lowest BCUT2D eigenvalue weighted by molar-refractivity contribution is -0.161. The van der Waals surface area contributed by atoms with E-state index in [1.54, 1.807) is 0 Å². The molecule has 0 amide bonds. The number of ether oxygens (including phenoxy) is 4. The highest BCUT2D eigenvalue weighted by molar-refractivity contribution is 7.47. The Morgan fingerprint density at radius 1 is 0.269 bits per heavy atom. The number of aliphatic hydroxyl groups excluding tert-OH is 1. The Labute approximate surface area is 654 Å². The maximum absolute atomic E-state index is 13.1. The number of hydrogen-bond acceptors (Lipinski definition) is 15.